The summed E-state index contributed by atoms with van der Waals surface area (Å²) in [5.74, 6) is 1.97. The van der Waals surface area contributed by atoms with Gasteiger partial charge in [0, 0.05) is 12.5 Å². The second-order valence-electron chi connectivity index (χ2n) is 5.63. The molecule has 0 radical (unpaired) electrons. The van der Waals surface area contributed by atoms with Gasteiger partial charge in [0.15, 0.2) is 0 Å². The minimum Gasteiger partial charge on any atom is -0.497 e. The number of H-pyrrole nitrogens is 1. The number of thioether (sulfide) groups is 1. The molecule has 7 nitrogen and oxygen atoms in total. The van der Waals surface area contributed by atoms with Crippen LogP contribution in [0, 0.1) is 0 Å². The van der Waals surface area contributed by atoms with Gasteiger partial charge in [-0.05, 0) is 17.7 Å². The van der Waals surface area contributed by atoms with Gasteiger partial charge in [0.05, 0.1) is 25.7 Å². The Balaban J connectivity index is 1.55. The van der Waals surface area contributed by atoms with Crippen molar-refractivity contribution in [1.29, 1.82) is 0 Å². The molecule has 0 saturated carbocycles. The van der Waals surface area contributed by atoms with Crippen LogP contribution in [0.3, 0.4) is 0 Å². The van der Waals surface area contributed by atoms with Crippen molar-refractivity contribution in [3.05, 3.63) is 59.9 Å². The maximum absolute atomic E-state index is 12.3. The van der Waals surface area contributed by atoms with Crippen LogP contribution in [0.25, 0.3) is 0 Å². The number of aromatic nitrogens is 3. The van der Waals surface area contributed by atoms with Crippen molar-refractivity contribution in [2.75, 3.05) is 25.3 Å². The summed E-state index contributed by atoms with van der Waals surface area (Å²) in [7, 11) is 3.12. The van der Waals surface area contributed by atoms with Crippen LogP contribution in [0.2, 0.25) is 0 Å². The van der Waals surface area contributed by atoms with E-state index < -0.39 is 0 Å². The molecule has 0 saturated heterocycles. The number of methoxy groups -OCH3 is 2. The summed E-state index contributed by atoms with van der Waals surface area (Å²) in [4.78, 5) is 16.7. The van der Waals surface area contributed by atoms with E-state index >= 15 is 0 Å². The maximum Gasteiger partial charge on any atom is 0.234 e. The topological polar surface area (TPSA) is 89.1 Å². The van der Waals surface area contributed by atoms with E-state index in [0.29, 0.717) is 28.8 Å². The molecule has 27 heavy (non-hydrogen) atoms. The van der Waals surface area contributed by atoms with Crippen LogP contribution < -0.4 is 14.8 Å². The normalized spacial score (nSPS) is 10.4. The first-order valence-corrected chi connectivity index (χ1v) is 9.26. The Kier molecular flexibility index (Phi) is 6.32. The van der Waals surface area contributed by atoms with E-state index in [4.69, 9.17) is 9.47 Å². The van der Waals surface area contributed by atoms with Crippen LogP contribution in [0.5, 0.6) is 11.5 Å². The summed E-state index contributed by atoms with van der Waals surface area (Å²) in [5, 5.41) is 10.4. The molecule has 8 heteroatoms. The molecule has 0 fully saturated rings. The Morgan fingerprint density at radius 1 is 1.15 bits per heavy atom. The first kappa shape index (κ1) is 18.8. The Hall–Kier alpha value is -3.00. The number of amides is 1. The lowest BCUT2D eigenvalue weighted by Crippen LogP contribution is -2.15. The van der Waals surface area contributed by atoms with Crippen LogP contribution in [0.1, 0.15) is 11.4 Å². The molecule has 1 aromatic heterocycles. The molecule has 0 aliphatic carbocycles. The zero-order valence-corrected chi connectivity index (χ0v) is 15.9. The fraction of sp³-hybridized carbons (Fsp3) is 0.211. The number of ether oxygens (including phenoxy) is 2. The summed E-state index contributed by atoms with van der Waals surface area (Å²) >= 11 is 1.26. The Bertz CT molecular complexity index is 899. The number of carbonyl (C=O) groups excluding carboxylic acids is 1. The Morgan fingerprint density at radius 3 is 2.70 bits per heavy atom. The first-order chi connectivity index (χ1) is 13.2. The molecule has 0 aliphatic heterocycles. The zero-order valence-electron chi connectivity index (χ0n) is 15.1. The van der Waals surface area contributed by atoms with Gasteiger partial charge >= 0.3 is 0 Å². The zero-order chi connectivity index (χ0) is 19.1. The van der Waals surface area contributed by atoms with Gasteiger partial charge in [-0.2, -0.15) is 0 Å². The van der Waals surface area contributed by atoms with E-state index in [2.05, 4.69) is 20.5 Å². The van der Waals surface area contributed by atoms with Crippen molar-refractivity contribution in [3.8, 4) is 11.5 Å². The van der Waals surface area contributed by atoms with E-state index in [-0.39, 0.29) is 11.7 Å². The highest BCUT2D eigenvalue weighted by Gasteiger charge is 2.11. The largest absolute Gasteiger partial charge is 0.497 e. The predicted octanol–water partition coefficient (Wildman–Crippen LogP) is 3.14. The van der Waals surface area contributed by atoms with Crippen molar-refractivity contribution in [3.63, 3.8) is 0 Å². The number of nitrogens with one attached hydrogen (secondary N) is 2. The average molecular weight is 384 g/mol. The summed E-state index contributed by atoms with van der Waals surface area (Å²) < 4.78 is 10.4. The van der Waals surface area contributed by atoms with Gasteiger partial charge in [-0.1, -0.05) is 42.1 Å². The van der Waals surface area contributed by atoms with Crippen LogP contribution in [0.4, 0.5) is 5.69 Å². The van der Waals surface area contributed by atoms with E-state index in [0.717, 1.165) is 11.4 Å². The fourth-order valence-electron chi connectivity index (χ4n) is 2.44. The summed E-state index contributed by atoms with van der Waals surface area (Å²) in [6, 6.07) is 15.2. The number of nitrogens with zero attached hydrogens (tertiary/aromatic N) is 2. The number of aromatic amines is 1. The predicted molar refractivity (Wildman–Crippen MR) is 105 cm³/mol. The molecular weight excluding hydrogens is 364 g/mol. The third kappa shape index (κ3) is 5.24. The fourth-order valence-corrected chi connectivity index (χ4v) is 3.06. The highest BCUT2D eigenvalue weighted by atomic mass is 32.2. The minimum absolute atomic E-state index is 0.180. The van der Waals surface area contributed by atoms with Gasteiger partial charge in [0.2, 0.25) is 11.1 Å². The summed E-state index contributed by atoms with van der Waals surface area (Å²) in [6.07, 6.45) is 0.668. The molecule has 0 aliphatic rings. The summed E-state index contributed by atoms with van der Waals surface area (Å²) in [5.41, 5.74) is 1.70. The molecule has 2 aromatic carbocycles. The molecule has 1 heterocycles. The molecule has 1 amide bonds. The van der Waals surface area contributed by atoms with Gasteiger partial charge in [0.1, 0.15) is 17.3 Å². The van der Waals surface area contributed by atoms with E-state index in [1.54, 1.807) is 32.4 Å². The van der Waals surface area contributed by atoms with E-state index in [1.165, 1.54) is 11.8 Å². The molecule has 0 unspecified atom stereocenters. The molecule has 0 spiro atoms. The van der Waals surface area contributed by atoms with E-state index in [1.807, 2.05) is 30.3 Å². The number of hydrogen-bond acceptors (Lipinski definition) is 6. The van der Waals surface area contributed by atoms with E-state index in [9.17, 15) is 4.79 Å². The molecular formula is C19H20N4O3S. The number of carbonyl (C=O) groups is 1. The lowest BCUT2D eigenvalue weighted by Gasteiger charge is -2.11. The van der Waals surface area contributed by atoms with Gasteiger partial charge in [-0.25, -0.2) is 4.98 Å². The average Bonchev–Trinajstić information content (AvgIpc) is 3.14. The molecule has 3 rings (SSSR count). The smallest absolute Gasteiger partial charge is 0.234 e. The van der Waals surface area contributed by atoms with Gasteiger partial charge in [-0.3, -0.25) is 9.89 Å². The lowest BCUT2D eigenvalue weighted by molar-refractivity contribution is -0.113. The maximum atomic E-state index is 12.3. The number of hydrogen-bond donors (Lipinski definition) is 2. The van der Waals surface area contributed by atoms with Gasteiger partial charge < -0.3 is 14.8 Å². The SMILES string of the molecule is COc1ccc(OC)c(NC(=O)CSc2n[nH]c(Cc3ccccc3)n2)c1. The molecule has 0 bridgehead atoms. The van der Waals surface area contributed by atoms with Crippen molar-refractivity contribution >= 4 is 23.4 Å². The first-order valence-electron chi connectivity index (χ1n) is 8.28. The second kappa shape index (κ2) is 9.09. The number of anilines is 1. The lowest BCUT2D eigenvalue weighted by atomic mass is 10.1. The third-order valence-electron chi connectivity index (χ3n) is 3.74. The number of benzene rings is 2. The van der Waals surface area contributed by atoms with Crippen molar-refractivity contribution in [1.82, 2.24) is 15.2 Å². The molecule has 140 valence electrons. The quantitative estimate of drug-likeness (QED) is 0.580. The standard InChI is InChI=1S/C19H20N4O3S/c1-25-14-8-9-16(26-2)15(11-14)20-18(24)12-27-19-21-17(22-23-19)10-13-6-4-3-5-7-13/h3-9,11H,10,12H2,1-2H3,(H,20,24)(H,21,22,23). The summed E-state index contributed by atoms with van der Waals surface area (Å²) in [6.45, 7) is 0. The van der Waals surface area contributed by atoms with Crippen LogP contribution in [0.15, 0.2) is 53.7 Å². The van der Waals surface area contributed by atoms with Crippen LogP contribution in [-0.2, 0) is 11.2 Å². The van der Waals surface area contributed by atoms with Crippen LogP contribution in [-0.4, -0.2) is 41.1 Å². The second-order valence-corrected chi connectivity index (χ2v) is 6.57. The van der Waals surface area contributed by atoms with Crippen molar-refractivity contribution < 1.29 is 14.3 Å². The third-order valence-corrected chi connectivity index (χ3v) is 4.59. The highest BCUT2D eigenvalue weighted by molar-refractivity contribution is 7.99. The van der Waals surface area contributed by atoms with Crippen LogP contribution >= 0.6 is 11.8 Å². The van der Waals surface area contributed by atoms with Gasteiger partial charge in [0.25, 0.3) is 0 Å². The molecule has 2 N–H and O–H groups in total. The highest BCUT2D eigenvalue weighted by Crippen LogP contribution is 2.29. The van der Waals surface area contributed by atoms with Gasteiger partial charge in [-0.15, -0.1) is 5.10 Å². The molecule has 0 atom stereocenters. The molecule has 3 aromatic rings. The van der Waals surface area contributed by atoms with Crippen molar-refractivity contribution in [2.45, 2.75) is 11.6 Å². The Labute approximate surface area is 161 Å². The monoisotopic (exact) mass is 384 g/mol. The Morgan fingerprint density at radius 2 is 1.96 bits per heavy atom. The minimum atomic E-state index is -0.180. The number of rotatable bonds is 8. The van der Waals surface area contributed by atoms with Crippen molar-refractivity contribution in [2.24, 2.45) is 0 Å².